The zero-order chi connectivity index (χ0) is 17.7. The molecule has 0 N–H and O–H groups in total. The van der Waals surface area contributed by atoms with Gasteiger partial charge in [-0.25, -0.2) is 0 Å². The zero-order valence-corrected chi connectivity index (χ0v) is 13.1. The molecular formula is C16H16F3N3O2. The van der Waals surface area contributed by atoms with Crippen LogP contribution < -0.4 is 4.90 Å². The van der Waals surface area contributed by atoms with Gasteiger partial charge in [0.1, 0.15) is 13.2 Å². The number of halogens is 3. The molecule has 0 amide bonds. The van der Waals surface area contributed by atoms with Gasteiger partial charge in [-0.1, -0.05) is 6.07 Å². The van der Waals surface area contributed by atoms with Gasteiger partial charge in [0.05, 0.1) is 23.8 Å². The molecule has 2 rings (SSSR count). The first-order valence-electron chi connectivity index (χ1n) is 7.39. The number of aliphatic imine (C=N–C) groups is 1. The number of alkyl halides is 3. The summed E-state index contributed by atoms with van der Waals surface area (Å²) < 4.78 is 45.2. The number of hydrogen-bond donors (Lipinski definition) is 0. The van der Waals surface area contributed by atoms with Crippen molar-refractivity contribution < 1.29 is 22.7 Å². The predicted molar refractivity (Wildman–Crippen MR) is 81.9 cm³/mol. The van der Waals surface area contributed by atoms with Gasteiger partial charge in [0.2, 0.25) is 0 Å². The van der Waals surface area contributed by atoms with Crippen LogP contribution in [0.4, 0.5) is 18.9 Å². The number of cyclic esters (lactones) is 1. The summed E-state index contributed by atoms with van der Waals surface area (Å²) in [6.07, 6.45) is -4.41. The third-order valence-electron chi connectivity index (χ3n) is 3.62. The van der Waals surface area contributed by atoms with Crippen molar-refractivity contribution in [2.45, 2.75) is 19.5 Å². The van der Waals surface area contributed by atoms with Gasteiger partial charge in [0.25, 0.3) is 0 Å². The van der Waals surface area contributed by atoms with Gasteiger partial charge in [0.15, 0.2) is 0 Å². The molecule has 0 spiro atoms. The van der Waals surface area contributed by atoms with Crippen LogP contribution in [0.5, 0.6) is 0 Å². The Morgan fingerprint density at radius 3 is 2.71 bits per heavy atom. The zero-order valence-electron chi connectivity index (χ0n) is 13.1. The highest BCUT2D eigenvalue weighted by Gasteiger charge is 2.35. The number of ether oxygens (including phenoxy) is 1. The molecule has 24 heavy (non-hydrogen) atoms. The molecule has 0 fully saturated rings. The molecule has 1 heterocycles. The van der Waals surface area contributed by atoms with Gasteiger partial charge in [-0.3, -0.25) is 9.79 Å². The van der Waals surface area contributed by atoms with E-state index in [4.69, 9.17) is 10.00 Å². The van der Waals surface area contributed by atoms with Crippen LogP contribution in [0.1, 0.15) is 24.5 Å². The van der Waals surface area contributed by atoms with E-state index in [1.54, 1.807) is 6.92 Å². The van der Waals surface area contributed by atoms with E-state index >= 15 is 0 Å². The van der Waals surface area contributed by atoms with Crippen molar-refractivity contribution in [2.24, 2.45) is 4.99 Å². The first kappa shape index (κ1) is 17.8. The maximum absolute atomic E-state index is 13.5. The fraction of sp³-hybridized carbons (Fsp3) is 0.438. The summed E-state index contributed by atoms with van der Waals surface area (Å²) in [5, 5.41) is 8.67. The van der Waals surface area contributed by atoms with Crippen molar-refractivity contribution in [3.63, 3.8) is 0 Å². The lowest BCUT2D eigenvalue weighted by Gasteiger charge is -2.26. The summed E-state index contributed by atoms with van der Waals surface area (Å²) in [6, 6.07) is 5.85. The summed E-state index contributed by atoms with van der Waals surface area (Å²) in [5.41, 5.74) is -0.182. The monoisotopic (exact) mass is 339 g/mol. The Hall–Kier alpha value is -2.56. The SMILES string of the molecule is CCN(CCC#N)c1ccc(C2=NCC(=O)OC2)cc1C(F)(F)F. The second kappa shape index (κ2) is 7.34. The van der Waals surface area contributed by atoms with Crippen molar-refractivity contribution in [3.05, 3.63) is 29.3 Å². The van der Waals surface area contributed by atoms with Crippen molar-refractivity contribution in [2.75, 3.05) is 31.1 Å². The Labute approximate surface area is 137 Å². The number of hydrogen-bond acceptors (Lipinski definition) is 5. The highest BCUT2D eigenvalue weighted by atomic mass is 19.4. The first-order valence-corrected chi connectivity index (χ1v) is 7.39. The second-order valence-electron chi connectivity index (χ2n) is 5.14. The van der Waals surface area contributed by atoms with Gasteiger partial charge in [-0.2, -0.15) is 18.4 Å². The van der Waals surface area contributed by atoms with E-state index in [9.17, 15) is 18.0 Å². The van der Waals surface area contributed by atoms with Crippen LogP contribution in [0.25, 0.3) is 0 Å². The topological polar surface area (TPSA) is 65.7 Å². The molecule has 0 unspecified atom stereocenters. The van der Waals surface area contributed by atoms with E-state index in [-0.39, 0.29) is 37.4 Å². The molecule has 5 nitrogen and oxygen atoms in total. The van der Waals surface area contributed by atoms with Crippen LogP contribution in [0.15, 0.2) is 23.2 Å². The average molecular weight is 339 g/mol. The van der Waals surface area contributed by atoms with Gasteiger partial charge in [-0.15, -0.1) is 0 Å². The van der Waals surface area contributed by atoms with Gasteiger partial charge < -0.3 is 9.64 Å². The van der Waals surface area contributed by atoms with Crippen LogP contribution in [-0.2, 0) is 15.7 Å². The van der Waals surface area contributed by atoms with Crippen LogP contribution >= 0.6 is 0 Å². The highest BCUT2D eigenvalue weighted by molar-refractivity contribution is 6.04. The minimum absolute atomic E-state index is 0.0254. The Bertz CT molecular complexity index is 693. The fourth-order valence-corrected chi connectivity index (χ4v) is 2.43. The van der Waals surface area contributed by atoms with Crippen molar-refractivity contribution in [1.82, 2.24) is 0 Å². The minimum Gasteiger partial charge on any atom is -0.458 e. The number of carbonyl (C=O) groups is 1. The van der Waals surface area contributed by atoms with Crippen LogP contribution in [0, 0.1) is 11.3 Å². The molecule has 0 aliphatic carbocycles. The summed E-state index contributed by atoms with van der Waals surface area (Å²) >= 11 is 0. The Morgan fingerprint density at radius 2 is 2.17 bits per heavy atom. The number of nitrogens with zero attached hydrogens (tertiary/aromatic N) is 3. The standard InChI is InChI=1S/C16H16F3N3O2/c1-2-22(7-3-6-20)14-5-4-11(8-12(14)16(17,18)19)13-10-24-15(23)9-21-13/h4-5,8H,2-3,7,9-10H2,1H3. The number of anilines is 1. The van der Waals surface area contributed by atoms with Gasteiger partial charge >= 0.3 is 12.1 Å². The Balaban J connectivity index is 2.43. The summed E-state index contributed by atoms with van der Waals surface area (Å²) in [6.45, 7) is 1.97. The van der Waals surface area contributed by atoms with Crippen molar-refractivity contribution >= 4 is 17.4 Å². The molecule has 0 aromatic heterocycles. The molecule has 0 saturated carbocycles. The molecule has 0 saturated heterocycles. The van der Waals surface area contributed by atoms with E-state index in [0.29, 0.717) is 12.3 Å². The quantitative estimate of drug-likeness (QED) is 0.774. The Morgan fingerprint density at radius 1 is 1.42 bits per heavy atom. The maximum Gasteiger partial charge on any atom is 0.418 e. The number of benzene rings is 1. The second-order valence-corrected chi connectivity index (χ2v) is 5.14. The number of rotatable bonds is 5. The number of esters is 1. The van der Waals surface area contributed by atoms with E-state index in [1.165, 1.54) is 17.0 Å². The number of carbonyl (C=O) groups excluding carboxylic acids is 1. The predicted octanol–water partition coefficient (Wildman–Crippen LogP) is 2.79. The average Bonchev–Trinajstić information content (AvgIpc) is 2.55. The molecule has 8 heteroatoms. The first-order chi connectivity index (χ1) is 11.4. The van der Waals surface area contributed by atoms with Crippen molar-refractivity contribution in [1.29, 1.82) is 5.26 Å². The van der Waals surface area contributed by atoms with Gasteiger partial charge in [0, 0.05) is 18.8 Å². The Kier molecular flexibility index (Phi) is 5.44. The largest absolute Gasteiger partial charge is 0.458 e. The lowest BCUT2D eigenvalue weighted by atomic mass is 10.0. The third kappa shape index (κ3) is 4.04. The van der Waals surface area contributed by atoms with Crippen LogP contribution in [0.3, 0.4) is 0 Å². The molecule has 1 aromatic rings. The highest BCUT2D eigenvalue weighted by Crippen LogP contribution is 2.37. The molecule has 0 radical (unpaired) electrons. The summed E-state index contributed by atoms with van der Waals surface area (Å²) in [7, 11) is 0. The smallest absolute Gasteiger partial charge is 0.418 e. The summed E-state index contributed by atoms with van der Waals surface area (Å²) in [5.74, 6) is -0.500. The normalized spacial score (nSPS) is 14.6. The fourth-order valence-electron chi connectivity index (χ4n) is 2.43. The van der Waals surface area contributed by atoms with E-state index in [0.717, 1.165) is 6.07 Å². The number of nitriles is 1. The minimum atomic E-state index is -4.54. The molecule has 1 aliphatic rings. The third-order valence-corrected chi connectivity index (χ3v) is 3.62. The molecule has 1 aromatic carbocycles. The maximum atomic E-state index is 13.5. The lowest BCUT2D eigenvalue weighted by Crippen LogP contribution is -2.28. The molecular weight excluding hydrogens is 323 g/mol. The lowest BCUT2D eigenvalue weighted by molar-refractivity contribution is -0.141. The van der Waals surface area contributed by atoms with Crippen molar-refractivity contribution in [3.8, 4) is 6.07 Å². The van der Waals surface area contributed by atoms with Crippen LogP contribution in [-0.4, -0.2) is 37.9 Å². The van der Waals surface area contributed by atoms with Crippen LogP contribution in [0.2, 0.25) is 0 Å². The van der Waals surface area contributed by atoms with E-state index in [2.05, 4.69) is 4.99 Å². The van der Waals surface area contributed by atoms with E-state index < -0.39 is 17.7 Å². The van der Waals surface area contributed by atoms with Gasteiger partial charge in [-0.05, 0) is 24.6 Å². The summed E-state index contributed by atoms with van der Waals surface area (Å²) in [4.78, 5) is 16.5. The molecule has 128 valence electrons. The molecule has 1 aliphatic heterocycles. The van der Waals surface area contributed by atoms with E-state index in [1.807, 2.05) is 6.07 Å². The molecule has 0 bridgehead atoms. The molecule has 0 atom stereocenters.